The third-order valence-corrected chi connectivity index (χ3v) is 4.32. The van der Waals surface area contributed by atoms with Crippen LogP contribution in [0.1, 0.15) is 6.42 Å². The van der Waals surface area contributed by atoms with Crippen LogP contribution in [-0.4, -0.2) is 57.7 Å². The van der Waals surface area contributed by atoms with Gasteiger partial charge in [-0.15, -0.1) is 0 Å². The van der Waals surface area contributed by atoms with E-state index in [-0.39, 0.29) is 0 Å². The van der Waals surface area contributed by atoms with Gasteiger partial charge in [-0.25, -0.2) is 0 Å². The third kappa shape index (κ3) is 3.06. The van der Waals surface area contributed by atoms with Crippen molar-refractivity contribution in [3.63, 3.8) is 0 Å². The number of anilines is 1. The van der Waals surface area contributed by atoms with Crippen LogP contribution in [0.3, 0.4) is 0 Å². The predicted molar refractivity (Wildman–Crippen MR) is 86.2 cm³/mol. The molecule has 1 atom stereocenters. The standard InChI is InChI=1S/C16H24N4O/c1-19-10-8-17-16(19)18-11-13-7-9-20(12-13)14-5-3-4-6-15(14)21-2/h3-6,13H,7-12H2,1-2H3,(H,17,18). The van der Waals surface area contributed by atoms with Crippen LogP contribution in [0.2, 0.25) is 0 Å². The van der Waals surface area contributed by atoms with E-state index in [9.17, 15) is 0 Å². The van der Waals surface area contributed by atoms with Crippen molar-refractivity contribution >= 4 is 11.6 Å². The van der Waals surface area contributed by atoms with Crippen LogP contribution >= 0.6 is 0 Å². The van der Waals surface area contributed by atoms with E-state index < -0.39 is 0 Å². The summed E-state index contributed by atoms with van der Waals surface area (Å²) < 4.78 is 5.47. The maximum atomic E-state index is 5.47. The lowest BCUT2D eigenvalue weighted by Gasteiger charge is -2.22. The molecule has 1 fully saturated rings. The van der Waals surface area contributed by atoms with E-state index in [4.69, 9.17) is 4.74 Å². The Morgan fingerprint density at radius 2 is 2.19 bits per heavy atom. The molecule has 0 spiro atoms. The minimum Gasteiger partial charge on any atom is -0.495 e. The smallest absolute Gasteiger partial charge is 0.193 e. The van der Waals surface area contributed by atoms with Crippen molar-refractivity contribution in [2.24, 2.45) is 10.9 Å². The Balaban J connectivity index is 1.55. The molecule has 0 bridgehead atoms. The summed E-state index contributed by atoms with van der Waals surface area (Å²) in [5.41, 5.74) is 1.21. The van der Waals surface area contributed by atoms with Crippen molar-refractivity contribution in [2.45, 2.75) is 6.42 Å². The molecule has 5 nitrogen and oxygen atoms in total. The van der Waals surface area contributed by atoms with Gasteiger partial charge >= 0.3 is 0 Å². The summed E-state index contributed by atoms with van der Waals surface area (Å²) in [6, 6.07) is 8.27. The second-order valence-corrected chi connectivity index (χ2v) is 5.78. The van der Waals surface area contributed by atoms with Gasteiger partial charge in [-0.05, 0) is 24.5 Å². The van der Waals surface area contributed by atoms with E-state index in [0.29, 0.717) is 5.92 Å². The van der Waals surface area contributed by atoms with Crippen LogP contribution in [0, 0.1) is 5.92 Å². The number of guanidine groups is 1. The number of nitrogens with one attached hydrogen (secondary N) is 1. The van der Waals surface area contributed by atoms with Crippen LogP contribution in [0.15, 0.2) is 29.3 Å². The number of nitrogens with zero attached hydrogens (tertiary/aromatic N) is 3. The zero-order valence-electron chi connectivity index (χ0n) is 12.9. The number of likely N-dealkylation sites (N-methyl/N-ethyl adjacent to an activating group) is 1. The minimum absolute atomic E-state index is 0.659. The first-order valence-corrected chi connectivity index (χ1v) is 7.65. The van der Waals surface area contributed by atoms with Gasteiger partial charge in [0.25, 0.3) is 0 Å². The van der Waals surface area contributed by atoms with Crippen molar-refractivity contribution < 1.29 is 4.74 Å². The SMILES string of the molecule is COc1ccccc1N1CCC(CNC2=NCCN2C)C1. The van der Waals surface area contributed by atoms with E-state index in [1.165, 1.54) is 12.1 Å². The molecule has 114 valence electrons. The molecule has 1 aromatic rings. The van der Waals surface area contributed by atoms with Gasteiger partial charge in [-0.3, -0.25) is 4.99 Å². The summed E-state index contributed by atoms with van der Waals surface area (Å²) in [5.74, 6) is 2.67. The Bertz CT molecular complexity index is 517. The molecule has 2 heterocycles. The first kappa shape index (κ1) is 14.0. The van der Waals surface area contributed by atoms with Gasteiger partial charge in [0.2, 0.25) is 0 Å². The molecule has 0 amide bonds. The largest absolute Gasteiger partial charge is 0.495 e. The highest BCUT2D eigenvalue weighted by molar-refractivity contribution is 5.81. The van der Waals surface area contributed by atoms with Crippen molar-refractivity contribution in [1.29, 1.82) is 0 Å². The lowest BCUT2D eigenvalue weighted by molar-refractivity contribution is 0.414. The van der Waals surface area contributed by atoms with E-state index in [1.807, 2.05) is 12.1 Å². The number of methoxy groups -OCH3 is 1. The molecular weight excluding hydrogens is 264 g/mol. The zero-order chi connectivity index (χ0) is 14.7. The Hall–Kier alpha value is -1.91. The number of para-hydroxylation sites is 2. The Morgan fingerprint density at radius 3 is 2.95 bits per heavy atom. The molecule has 0 saturated carbocycles. The van der Waals surface area contributed by atoms with E-state index >= 15 is 0 Å². The number of ether oxygens (including phenoxy) is 1. The molecule has 2 aliphatic heterocycles. The summed E-state index contributed by atoms with van der Waals surface area (Å²) in [6.07, 6.45) is 1.21. The predicted octanol–water partition coefficient (Wildman–Crippen LogP) is 1.41. The number of rotatable bonds is 4. The molecule has 0 aliphatic carbocycles. The van der Waals surface area contributed by atoms with Crippen LogP contribution in [0.5, 0.6) is 5.75 Å². The van der Waals surface area contributed by atoms with Gasteiger partial charge in [0.05, 0.1) is 19.3 Å². The van der Waals surface area contributed by atoms with Crippen LogP contribution in [0.25, 0.3) is 0 Å². The van der Waals surface area contributed by atoms with E-state index in [1.54, 1.807) is 7.11 Å². The summed E-state index contributed by atoms with van der Waals surface area (Å²) in [6.45, 7) is 5.10. The van der Waals surface area contributed by atoms with E-state index in [0.717, 1.165) is 44.4 Å². The fourth-order valence-corrected chi connectivity index (χ4v) is 3.07. The first-order valence-electron chi connectivity index (χ1n) is 7.65. The van der Waals surface area contributed by atoms with Crippen molar-refractivity contribution in [1.82, 2.24) is 10.2 Å². The molecule has 1 unspecified atom stereocenters. The van der Waals surface area contributed by atoms with Gasteiger partial charge in [0.15, 0.2) is 5.96 Å². The Morgan fingerprint density at radius 1 is 1.33 bits per heavy atom. The second-order valence-electron chi connectivity index (χ2n) is 5.78. The van der Waals surface area contributed by atoms with Gasteiger partial charge in [-0.2, -0.15) is 0 Å². The third-order valence-electron chi connectivity index (χ3n) is 4.32. The molecule has 1 N–H and O–H groups in total. The molecule has 2 aliphatic rings. The lowest BCUT2D eigenvalue weighted by Crippen LogP contribution is -2.38. The summed E-state index contributed by atoms with van der Waals surface area (Å²) in [4.78, 5) is 9.09. The summed E-state index contributed by atoms with van der Waals surface area (Å²) in [5, 5.41) is 3.49. The first-order chi connectivity index (χ1) is 10.3. The van der Waals surface area contributed by atoms with Gasteiger partial charge in [0, 0.05) is 33.2 Å². The highest BCUT2D eigenvalue weighted by Gasteiger charge is 2.25. The molecule has 0 aromatic heterocycles. The monoisotopic (exact) mass is 288 g/mol. The molecule has 1 aromatic carbocycles. The van der Waals surface area contributed by atoms with Crippen molar-refractivity contribution in [3.05, 3.63) is 24.3 Å². The average molecular weight is 288 g/mol. The molecule has 21 heavy (non-hydrogen) atoms. The van der Waals surface area contributed by atoms with E-state index in [2.05, 4.69) is 39.3 Å². The maximum absolute atomic E-state index is 5.47. The fraction of sp³-hybridized carbons (Fsp3) is 0.562. The van der Waals surface area contributed by atoms with Crippen molar-refractivity contribution in [3.8, 4) is 5.75 Å². The fourth-order valence-electron chi connectivity index (χ4n) is 3.07. The van der Waals surface area contributed by atoms with Crippen LogP contribution in [0.4, 0.5) is 5.69 Å². The topological polar surface area (TPSA) is 40.1 Å². The second kappa shape index (κ2) is 6.24. The van der Waals surface area contributed by atoms with Crippen LogP contribution < -0.4 is 15.0 Å². The molecule has 5 heteroatoms. The molecule has 3 rings (SSSR count). The van der Waals surface area contributed by atoms with Gasteiger partial charge in [0.1, 0.15) is 5.75 Å². The summed E-state index contributed by atoms with van der Waals surface area (Å²) >= 11 is 0. The Kier molecular flexibility index (Phi) is 4.18. The quantitative estimate of drug-likeness (QED) is 0.909. The van der Waals surface area contributed by atoms with Gasteiger partial charge < -0.3 is 19.9 Å². The minimum atomic E-state index is 0.659. The lowest BCUT2D eigenvalue weighted by atomic mass is 10.1. The summed E-state index contributed by atoms with van der Waals surface area (Å²) in [7, 11) is 3.83. The molecule has 0 radical (unpaired) electrons. The molecular formula is C16H24N4O. The highest BCUT2D eigenvalue weighted by atomic mass is 16.5. The molecule has 1 saturated heterocycles. The maximum Gasteiger partial charge on any atom is 0.193 e. The number of aliphatic imine (C=N–C) groups is 1. The zero-order valence-corrected chi connectivity index (χ0v) is 12.9. The Labute approximate surface area is 126 Å². The normalized spacial score (nSPS) is 21.6. The average Bonchev–Trinajstić information content (AvgIpc) is 3.14. The van der Waals surface area contributed by atoms with Crippen LogP contribution in [-0.2, 0) is 0 Å². The number of benzene rings is 1. The van der Waals surface area contributed by atoms with Crippen molar-refractivity contribution in [2.75, 3.05) is 51.8 Å². The number of hydrogen-bond donors (Lipinski definition) is 1. The van der Waals surface area contributed by atoms with Gasteiger partial charge in [-0.1, -0.05) is 12.1 Å². The number of hydrogen-bond acceptors (Lipinski definition) is 5. The highest BCUT2D eigenvalue weighted by Crippen LogP contribution is 2.31.